The SMILES string of the molecule is O=C1CC[C@H]2O[C@@H]1C1=C(CCC1)C2(c1ccccc1)c1ccccc1. The Hall–Kier alpha value is -2.19. The fraction of sp³-hybridized carbons (Fsp3) is 0.348. The van der Waals surface area contributed by atoms with Gasteiger partial charge in [0.2, 0.25) is 0 Å². The molecule has 1 saturated heterocycles. The van der Waals surface area contributed by atoms with E-state index in [1.54, 1.807) is 0 Å². The molecule has 0 aromatic heterocycles. The van der Waals surface area contributed by atoms with Crippen LogP contribution in [-0.2, 0) is 14.9 Å². The number of rotatable bonds is 2. The minimum absolute atomic E-state index is 0.0387. The summed E-state index contributed by atoms with van der Waals surface area (Å²) in [5.41, 5.74) is 5.08. The molecule has 3 aliphatic rings. The van der Waals surface area contributed by atoms with Crippen LogP contribution in [0.3, 0.4) is 0 Å². The number of fused-ring (bicyclic) bond motifs is 3. The van der Waals surface area contributed by atoms with E-state index in [9.17, 15) is 4.79 Å². The lowest BCUT2D eigenvalue weighted by Crippen LogP contribution is -2.54. The highest BCUT2D eigenvalue weighted by molar-refractivity contribution is 5.88. The summed E-state index contributed by atoms with van der Waals surface area (Å²) in [5, 5.41) is 0. The van der Waals surface area contributed by atoms with Gasteiger partial charge in [-0.25, -0.2) is 0 Å². The maximum atomic E-state index is 12.5. The van der Waals surface area contributed by atoms with Gasteiger partial charge in [-0.15, -0.1) is 0 Å². The average molecular weight is 330 g/mol. The lowest BCUT2D eigenvalue weighted by molar-refractivity contribution is -0.144. The summed E-state index contributed by atoms with van der Waals surface area (Å²) in [6, 6.07) is 21.6. The van der Waals surface area contributed by atoms with Crippen LogP contribution in [-0.4, -0.2) is 18.0 Å². The van der Waals surface area contributed by atoms with Crippen molar-refractivity contribution in [3.8, 4) is 0 Å². The standard InChI is InChI=1S/C23H22O2/c24-20-14-15-21-23(16-8-3-1-4-9-16,17-10-5-2-6-11-17)19-13-7-12-18(19)22(20)25-21/h1-6,8-11,21-22H,7,12-15H2/t21-,22-/m1/s1. The maximum absolute atomic E-state index is 12.5. The normalized spacial score (nSPS) is 27.3. The molecule has 2 heterocycles. The molecule has 2 aliphatic heterocycles. The van der Waals surface area contributed by atoms with Crippen LogP contribution < -0.4 is 0 Å². The molecule has 2 aromatic carbocycles. The van der Waals surface area contributed by atoms with E-state index in [1.165, 1.54) is 22.3 Å². The molecular weight excluding hydrogens is 308 g/mol. The first-order valence-corrected chi connectivity index (χ1v) is 9.33. The Kier molecular flexibility index (Phi) is 3.42. The molecule has 2 heteroatoms. The topological polar surface area (TPSA) is 26.3 Å². The highest BCUT2D eigenvalue weighted by atomic mass is 16.5. The van der Waals surface area contributed by atoms with Gasteiger partial charge >= 0.3 is 0 Å². The number of Topliss-reactive ketones (excluding diaryl/α,β-unsaturated/α-hetero) is 1. The second-order valence-electron chi connectivity index (χ2n) is 7.41. The predicted octanol–water partition coefficient (Wildman–Crippen LogP) is 4.58. The first-order valence-electron chi connectivity index (χ1n) is 9.33. The van der Waals surface area contributed by atoms with Gasteiger partial charge in [-0.3, -0.25) is 4.79 Å². The number of benzene rings is 2. The minimum Gasteiger partial charge on any atom is -0.361 e. The monoisotopic (exact) mass is 330 g/mol. The molecule has 0 spiro atoms. The van der Waals surface area contributed by atoms with E-state index in [2.05, 4.69) is 60.7 Å². The van der Waals surface area contributed by atoms with Crippen molar-refractivity contribution in [1.82, 2.24) is 0 Å². The molecule has 2 atom stereocenters. The van der Waals surface area contributed by atoms with E-state index in [1.807, 2.05) is 0 Å². The van der Waals surface area contributed by atoms with Gasteiger partial charge in [-0.1, -0.05) is 66.2 Å². The Morgan fingerprint density at radius 1 is 0.840 bits per heavy atom. The molecule has 0 unspecified atom stereocenters. The van der Waals surface area contributed by atoms with Crippen LogP contribution in [0.5, 0.6) is 0 Å². The highest BCUT2D eigenvalue weighted by Gasteiger charge is 2.55. The first-order chi connectivity index (χ1) is 12.3. The smallest absolute Gasteiger partial charge is 0.165 e. The van der Waals surface area contributed by atoms with Gasteiger partial charge in [0.1, 0.15) is 6.10 Å². The van der Waals surface area contributed by atoms with Crippen LogP contribution in [0, 0.1) is 0 Å². The van der Waals surface area contributed by atoms with Crippen molar-refractivity contribution in [1.29, 1.82) is 0 Å². The molecule has 0 N–H and O–H groups in total. The molecule has 2 bridgehead atoms. The lowest BCUT2D eigenvalue weighted by Gasteiger charge is -2.50. The maximum Gasteiger partial charge on any atom is 0.165 e. The number of ketones is 1. The third-order valence-corrected chi connectivity index (χ3v) is 6.24. The van der Waals surface area contributed by atoms with Gasteiger partial charge in [-0.2, -0.15) is 0 Å². The molecule has 126 valence electrons. The van der Waals surface area contributed by atoms with Gasteiger partial charge < -0.3 is 4.74 Å². The molecule has 1 aliphatic carbocycles. The Bertz CT molecular complexity index is 795. The average Bonchev–Trinajstić information content (AvgIpc) is 3.16. The van der Waals surface area contributed by atoms with E-state index >= 15 is 0 Å². The number of hydrogen-bond donors (Lipinski definition) is 0. The zero-order chi connectivity index (χ0) is 16.9. The van der Waals surface area contributed by atoms with E-state index in [0.29, 0.717) is 6.42 Å². The van der Waals surface area contributed by atoms with Crippen molar-refractivity contribution in [3.05, 3.63) is 82.9 Å². The molecule has 2 nitrogen and oxygen atoms in total. The van der Waals surface area contributed by atoms with E-state index < -0.39 is 0 Å². The largest absolute Gasteiger partial charge is 0.361 e. The Morgan fingerprint density at radius 3 is 2.12 bits per heavy atom. The molecule has 0 radical (unpaired) electrons. The zero-order valence-corrected chi connectivity index (χ0v) is 14.3. The summed E-state index contributed by atoms with van der Waals surface area (Å²) in [4.78, 5) is 12.5. The fourth-order valence-corrected chi connectivity index (χ4v) is 5.30. The second-order valence-corrected chi connectivity index (χ2v) is 7.41. The predicted molar refractivity (Wildman–Crippen MR) is 97.4 cm³/mol. The van der Waals surface area contributed by atoms with Crippen LogP contribution >= 0.6 is 0 Å². The molecule has 0 amide bonds. The van der Waals surface area contributed by atoms with E-state index in [4.69, 9.17) is 4.74 Å². The number of hydrogen-bond acceptors (Lipinski definition) is 2. The Labute approximate surface area is 148 Å². The second kappa shape index (κ2) is 5.67. The highest BCUT2D eigenvalue weighted by Crippen LogP contribution is 2.56. The van der Waals surface area contributed by atoms with E-state index in [-0.39, 0.29) is 23.4 Å². The van der Waals surface area contributed by atoms with Crippen molar-refractivity contribution < 1.29 is 9.53 Å². The van der Waals surface area contributed by atoms with Gasteiger partial charge in [0.05, 0.1) is 11.5 Å². The fourth-order valence-electron chi connectivity index (χ4n) is 5.30. The molecule has 2 aromatic rings. The van der Waals surface area contributed by atoms with Crippen LogP contribution in [0.25, 0.3) is 0 Å². The molecule has 25 heavy (non-hydrogen) atoms. The quantitative estimate of drug-likeness (QED) is 0.753. The van der Waals surface area contributed by atoms with Gasteiger partial charge in [0, 0.05) is 6.42 Å². The minimum atomic E-state index is -0.281. The lowest BCUT2D eigenvalue weighted by atomic mass is 9.60. The van der Waals surface area contributed by atoms with Crippen molar-refractivity contribution >= 4 is 5.78 Å². The first kappa shape index (κ1) is 15.1. The molecule has 1 fully saturated rings. The van der Waals surface area contributed by atoms with Crippen LogP contribution in [0.4, 0.5) is 0 Å². The van der Waals surface area contributed by atoms with E-state index in [0.717, 1.165) is 25.7 Å². The summed E-state index contributed by atoms with van der Waals surface area (Å²) in [5.74, 6) is 0.278. The van der Waals surface area contributed by atoms with Gasteiger partial charge in [-0.05, 0) is 42.4 Å². The third kappa shape index (κ3) is 2.04. The summed E-state index contributed by atoms with van der Waals surface area (Å²) in [7, 11) is 0. The number of ether oxygens (including phenoxy) is 1. The number of carbonyl (C=O) groups is 1. The summed E-state index contributed by atoms with van der Waals surface area (Å²) >= 11 is 0. The molecule has 5 rings (SSSR count). The molecular formula is C23H22O2. The Morgan fingerprint density at radius 2 is 1.48 bits per heavy atom. The zero-order valence-electron chi connectivity index (χ0n) is 14.3. The van der Waals surface area contributed by atoms with Crippen LogP contribution in [0.15, 0.2) is 71.8 Å². The summed E-state index contributed by atoms with van der Waals surface area (Å²) < 4.78 is 6.47. The number of carbonyl (C=O) groups excluding carboxylic acids is 1. The van der Waals surface area contributed by atoms with Crippen molar-refractivity contribution in [2.75, 3.05) is 0 Å². The third-order valence-electron chi connectivity index (χ3n) is 6.24. The van der Waals surface area contributed by atoms with Crippen molar-refractivity contribution in [2.24, 2.45) is 0 Å². The summed E-state index contributed by atoms with van der Waals surface area (Å²) in [6.45, 7) is 0. The van der Waals surface area contributed by atoms with Crippen molar-refractivity contribution in [2.45, 2.75) is 49.7 Å². The van der Waals surface area contributed by atoms with Crippen LogP contribution in [0.1, 0.15) is 43.2 Å². The molecule has 0 saturated carbocycles. The van der Waals surface area contributed by atoms with Crippen molar-refractivity contribution in [3.63, 3.8) is 0 Å². The van der Waals surface area contributed by atoms with Crippen LogP contribution in [0.2, 0.25) is 0 Å². The van der Waals surface area contributed by atoms with Gasteiger partial charge in [0.25, 0.3) is 0 Å². The van der Waals surface area contributed by atoms with Gasteiger partial charge in [0.15, 0.2) is 5.78 Å². The summed E-state index contributed by atoms with van der Waals surface area (Å²) in [6.07, 6.45) is 4.39. The Balaban J connectivity index is 1.84.